The summed E-state index contributed by atoms with van der Waals surface area (Å²) in [5.41, 5.74) is 0. The van der Waals surface area contributed by atoms with E-state index in [0.717, 1.165) is 0 Å². The Balaban J connectivity index is 2.71. The van der Waals surface area contributed by atoms with Crippen molar-refractivity contribution < 1.29 is 9.59 Å². The van der Waals surface area contributed by atoms with Crippen molar-refractivity contribution in [3.05, 3.63) is 0 Å². The molecule has 0 aliphatic carbocycles. The lowest BCUT2D eigenvalue weighted by atomic mass is 10.2. The Morgan fingerprint density at radius 2 is 2.25 bits per heavy atom. The van der Waals surface area contributed by atoms with Crippen molar-refractivity contribution in [3.63, 3.8) is 0 Å². The Hall–Kier alpha value is -1.06. The van der Waals surface area contributed by atoms with Crippen molar-refractivity contribution in [1.29, 1.82) is 0 Å². The SMILES string of the molecule is CC[C@H]1NC(=O)CCN(C)C1=O. The van der Waals surface area contributed by atoms with Crippen LogP contribution in [-0.4, -0.2) is 36.3 Å². The monoisotopic (exact) mass is 170 g/mol. The molecule has 1 N–H and O–H groups in total. The van der Waals surface area contributed by atoms with Gasteiger partial charge in [-0.05, 0) is 6.42 Å². The predicted octanol–water partition coefficient (Wildman–Crippen LogP) is -0.257. The quantitative estimate of drug-likeness (QED) is 0.589. The summed E-state index contributed by atoms with van der Waals surface area (Å²) in [5.74, 6) is -0.0112. The first-order valence-corrected chi connectivity index (χ1v) is 4.19. The second-order valence-electron chi connectivity index (χ2n) is 3.04. The predicted molar refractivity (Wildman–Crippen MR) is 44.5 cm³/mol. The fourth-order valence-electron chi connectivity index (χ4n) is 1.25. The zero-order valence-corrected chi connectivity index (χ0v) is 7.46. The van der Waals surface area contributed by atoms with Crippen LogP contribution in [0.5, 0.6) is 0 Å². The lowest BCUT2D eigenvalue weighted by Gasteiger charge is -2.17. The van der Waals surface area contributed by atoms with Gasteiger partial charge in [-0.2, -0.15) is 0 Å². The summed E-state index contributed by atoms with van der Waals surface area (Å²) < 4.78 is 0. The number of carbonyl (C=O) groups excluding carboxylic acids is 2. The van der Waals surface area contributed by atoms with Gasteiger partial charge in [-0.25, -0.2) is 0 Å². The zero-order chi connectivity index (χ0) is 9.14. The summed E-state index contributed by atoms with van der Waals surface area (Å²) in [6, 6.07) is -0.315. The molecule has 2 amide bonds. The molecule has 0 radical (unpaired) electrons. The van der Waals surface area contributed by atoms with E-state index < -0.39 is 0 Å². The Kier molecular flexibility index (Phi) is 2.68. The molecule has 12 heavy (non-hydrogen) atoms. The van der Waals surface area contributed by atoms with Crippen molar-refractivity contribution in [3.8, 4) is 0 Å². The third kappa shape index (κ3) is 1.75. The second-order valence-corrected chi connectivity index (χ2v) is 3.04. The second kappa shape index (κ2) is 3.56. The smallest absolute Gasteiger partial charge is 0.244 e. The maximum absolute atomic E-state index is 11.4. The summed E-state index contributed by atoms with van der Waals surface area (Å²) in [5, 5.41) is 2.68. The van der Waals surface area contributed by atoms with E-state index in [-0.39, 0.29) is 17.9 Å². The summed E-state index contributed by atoms with van der Waals surface area (Å²) >= 11 is 0. The fourth-order valence-corrected chi connectivity index (χ4v) is 1.25. The van der Waals surface area contributed by atoms with Crippen LogP contribution in [0, 0.1) is 0 Å². The molecule has 0 bridgehead atoms. The molecule has 1 fully saturated rings. The molecule has 0 saturated carbocycles. The van der Waals surface area contributed by atoms with Gasteiger partial charge in [0, 0.05) is 20.0 Å². The molecule has 0 aromatic rings. The van der Waals surface area contributed by atoms with Crippen LogP contribution in [0.2, 0.25) is 0 Å². The summed E-state index contributed by atoms with van der Waals surface area (Å²) in [6.07, 6.45) is 1.08. The molecule has 0 aromatic heterocycles. The molecule has 4 heteroatoms. The average Bonchev–Trinajstić information content (AvgIpc) is 2.18. The lowest BCUT2D eigenvalue weighted by molar-refractivity contribution is -0.132. The Labute approximate surface area is 71.9 Å². The van der Waals surface area contributed by atoms with Crippen LogP contribution in [0.25, 0.3) is 0 Å². The van der Waals surface area contributed by atoms with Crippen molar-refractivity contribution in [2.24, 2.45) is 0 Å². The molecule has 4 nitrogen and oxygen atoms in total. The van der Waals surface area contributed by atoms with Gasteiger partial charge in [0.25, 0.3) is 0 Å². The Morgan fingerprint density at radius 3 is 2.83 bits per heavy atom. The van der Waals surface area contributed by atoms with E-state index in [9.17, 15) is 9.59 Å². The molecule has 1 saturated heterocycles. The number of likely N-dealkylation sites (N-methyl/N-ethyl adjacent to an activating group) is 1. The van der Waals surface area contributed by atoms with Gasteiger partial charge in [0.15, 0.2) is 0 Å². The van der Waals surface area contributed by atoms with Gasteiger partial charge >= 0.3 is 0 Å². The topological polar surface area (TPSA) is 49.4 Å². The van der Waals surface area contributed by atoms with Gasteiger partial charge in [0.2, 0.25) is 11.8 Å². The number of carbonyl (C=O) groups is 2. The van der Waals surface area contributed by atoms with E-state index in [1.54, 1.807) is 11.9 Å². The third-order valence-electron chi connectivity index (χ3n) is 2.09. The number of amides is 2. The van der Waals surface area contributed by atoms with Crippen molar-refractivity contribution >= 4 is 11.8 Å². The molecular weight excluding hydrogens is 156 g/mol. The van der Waals surface area contributed by atoms with E-state index in [1.807, 2.05) is 6.92 Å². The molecule has 1 heterocycles. The molecular formula is C8H14N2O2. The van der Waals surface area contributed by atoms with Gasteiger partial charge in [-0.1, -0.05) is 6.92 Å². The maximum atomic E-state index is 11.4. The molecule has 1 rings (SSSR count). The van der Waals surface area contributed by atoms with Crippen LogP contribution < -0.4 is 5.32 Å². The van der Waals surface area contributed by atoms with Gasteiger partial charge in [0.05, 0.1) is 0 Å². The van der Waals surface area contributed by atoms with Crippen LogP contribution in [0.4, 0.5) is 0 Å². The van der Waals surface area contributed by atoms with E-state index >= 15 is 0 Å². The summed E-state index contributed by atoms with van der Waals surface area (Å²) in [4.78, 5) is 24.1. The van der Waals surface area contributed by atoms with Crippen molar-refractivity contribution in [2.45, 2.75) is 25.8 Å². The van der Waals surface area contributed by atoms with Crippen LogP contribution in [0.3, 0.4) is 0 Å². The molecule has 0 aromatic carbocycles. The number of rotatable bonds is 1. The van der Waals surface area contributed by atoms with Crippen molar-refractivity contribution in [2.75, 3.05) is 13.6 Å². The van der Waals surface area contributed by atoms with Gasteiger partial charge in [0.1, 0.15) is 6.04 Å². The number of hydrogen-bond acceptors (Lipinski definition) is 2. The van der Waals surface area contributed by atoms with E-state index in [2.05, 4.69) is 5.32 Å². The van der Waals surface area contributed by atoms with E-state index in [1.165, 1.54) is 0 Å². The molecule has 1 aliphatic rings. The normalized spacial score (nSPS) is 25.2. The maximum Gasteiger partial charge on any atom is 0.244 e. The molecule has 1 atom stereocenters. The minimum absolute atomic E-state index is 0.0170. The minimum atomic E-state index is -0.315. The highest BCUT2D eigenvalue weighted by Crippen LogP contribution is 2.03. The van der Waals surface area contributed by atoms with Crippen LogP contribution in [0.15, 0.2) is 0 Å². The number of nitrogens with zero attached hydrogens (tertiary/aromatic N) is 1. The molecule has 0 spiro atoms. The van der Waals surface area contributed by atoms with Crippen LogP contribution >= 0.6 is 0 Å². The van der Waals surface area contributed by atoms with Gasteiger partial charge < -0.3 is 10.2 Å². The number of nitrogens with one attached hydrogen (secondary N) is 1. The van der Waals surface area contributed by atoms with E-state index in [4.69, 9.17) is 0 Å². The zero-order valence-electron chi connectivity index (χ0n) is 7.46. The fraction of sp³-hybridized carbons (Fsp3) is 0.750. The summed E-state index contributed by atoms with van der Waals surface area (Å²) in [6.45, 7) is 2.42. The van der Waals surface area contributed by atoms with Gasteiger partial charge in [-0.15, -0.1) is 0 Å². The third-order valence-corrected chi connectivity index (χ3v) is 2.09. The Morgan fingerprint density at radius 1 is 1.58 bits per heavy atom. The average molecular weight is 170 g/mol. The standard InChI is InChI=1S/C8H14N2O2/c1-3-6-8(12)10(2)5-4-7(11)9-6/h6H,3-5H2,1-2H3,(H,9,11)/t6-/m1/s1. The first-order chi connectivity index (χ1) is 5.65. The highest BCUT2D eigenvalue weighted by Gasteiger charge is 2.25. The van der Waals surface area contributed by atoms with Crippen LogP contribution in [-0.2, 0) is 9.59 Å². The minimum Gasteiger partial charge on any atom is -0.344 e. The van der Waals surface area contributed by atoms with Gasteiger partial charge in [-0.3, -0.25) is 9.59 Å². The lowest BCUT2D eigenvalue weighted by Crippen LogP contribution is -2.42. The van der Waals surface area contributed by atoms with E-state index in [0.29, 0.717) is 19.4 Å². The molecule has 0 unspecified atom stereocenters. The molecule has 68 valence electrons. The molecule has 1 aliphatic heterocycles. The van der Waals surface area contributed by atoms with Crippen LogP contribution in [0.1, 0.15) is 19.8 Å². The Bertz CT molecular complexity index is 203. The first-order valence-electron chi connectivity index (χ1n) is 4.19. The number of hydrogen-bond donors (Lipinski definition) is 1. The summed E-state index contributed by atoms with van der Waals surface area (Å²) in [7, 11) is 1.73. The highest BCUT2D eigenvalue weighted by atomic mass is 16.2. The van der Waals surface area contributed by atoms with Crippen molar-refractivity contribution in [1.82, 2.24) is 10.2 Å². The first kappa shape index (κ1) is 9.03. The highest BCUT2D eigenvalue weighted by molar-refractivity contribution is 5.89. The largest absolute Gasteiger partial charge is 0.344 e.